The lowest BCUT2D eigenvalue weighted by Gasteiger charge is -2.05. The minimum atomic E-state index is -0.970. The van der Waals surface area contributed by atoms with Crippen LogP contribution in [0.5, 0.6) is 0 Å². The molecule has 0 bridgehead atoms. The van der Waals surface area contributed by atoms with Crippen LogP contribution in [0.25, 0.3) is 0 Å². The van der Waals surface area contributed by atoms with Crippen LogP contribution in [0.4, 0.5) is 10.5 Å². The van der Waals surface area contributed by atoms with Crippen LogP contribution >= 0.6 is 0 Å². The molecule has 0 saturated heterocycles. The fraction of sp³-hybridized carbons (Fsp3) is 0.273. The molecular formula is C11H13NO4. The summed E-state index contributed by atoms with van der Waals surface area (Å²) in [6.45, 7) is 1.73. The Balaban J connectivity index is 2.28. The van der Waals surface area contributed by atoms with E-state index in [1.807, 2.05) is 18.2 Å². The van der Waals surface area contributed by atoms with E-state index in [4.69, 9.17) is 0 Å². The summed E-state index contributed by atoms with van der Waals surface area (Å²) in [6.07, 6.45) is -0.970. The molecule has 0 heterocycles. The number of carbonyl (C=O) groups is 2. The summed E-state index contributed by atoms with van der Waals surface area (Å²) in [7, 11) is 0. The first kappa shape index (κ1) is 12.0. The Kier molecular flexibility index (Phi) is 4.85. The maximum Gasteiger partial charge on any atom is 0.516 e. The van der Waals surface area contributed by atoms with Crippen LogP contribution in [0.15, 0.2) is 30.3 Å². The number of esters is 1. The number of carbonyl (C=O) groups excluding carboxylic acids is 2. The zero-order chi connectivity index (χ0) is 11.8. The van der Waals surface area contributed by atoms with Crippen LogP contribution in [0.1, 0.15) is 6.92 Å². The molecule has 86 valence electrons. The average Bonchev–Trinajstić information content (AvgIpc) is 2.28. The predicted octanol–water partition coefficient (Wildman–Crippen LogP) is 1.80. The summed E-state index contributed by atoms with van der Waals surface area (Å²) in [5.74, 6) is -0.678. The number of anilines is 1. The second-order valence-corrected chi connectivity index (χ2v) is 2.88. The van der Waals surface area contributed by atoms with Crippen LogP contribution in [-0.2, 0) is 14.3 Å². The Morgan fingerprint density at radius 3 is 2.56 bits per heavy atom. The minimum Gasteiger partial charge on any atom is -0.434 e. The highest BCUT2D eigenvalue weighted by Crippen LogP contribution is 2.03. The molecule has 1 N–H and O–H groups in total. The van der Waals surface area contributed by atoms with Gasteiger partial charge in [-0.3, -0.25) is 0 Å². The van der Waals surface area contributed by atoms with E-state index < -0.39 is 12.1 Å². The van der Waals surface area contributed by atoms with Gasteiger partial charge in [-0.15, -0.1) is 0 Å². The molecule has 0 atom stereocenters. The van der Waals surface area contributed by atoms with Crippen molar-refractivity contribution in [3.63, 3.8) is 0 Å². The Hall–Kier alpha value is -2.04. The number of benzene rings is 1. The zero-order valence-electron chi connectivity index (χ0n) is 8.93. The highest BCUT2D eigenvalue weighted by atomic mass is 16.7. The van der Waals surface area contributed by atoms with Crippen LogP contribution < -0.4 is 5.32 Å². The van der Waals surface area contributed by atoms with E-state index in [1.165, 1.54) is 0 Å². The molecular weight excluding hydrogens is 210 g/mol. The Morgan fingerprint density at radius 2 is 1.94 bits per heavy atom. The summed E-state index contributed by atoms with van der Waals surface area (Å²) >= 11 is 0. The van der Waals surface area contributed by atoms with Gasteiger partial charge in [0.05, 0.1) is 6.61 Å². The molecule has 0 aliphatic heterocycles. The van der Waals surface area contributed by atoms with E-state index in [1.54, 1.807) is 19.1 Å². The summed E-state index contributed by atoms with van der Waals surface area (Å²) in [5, 5.41) is 2.81. The standard InChI is InChI=1S/C11H13NO4/c1-2-15-11(14)16-10(13)8-12-9-6-4-3-5-7-9/h3-7,12H,2,8H2,1H3. The van der Waals surface area contributed by atoms with Gasteiger partial charge < -0.3 is 14.8 Å². The third-order valence-corrected chi connectivity index (χ3v) is 1.67. The summed E-state index contributed by atoms with van der Waals surface area (Å²) < 4.78 is 8.80. The monoisotopic (exact) mass is 223 g/mol. The second-order valence-electron chi connectivity index (χ2n) is 2.88. The summed E-state index contributed by atoms with van der Waals surface area (Å²) in [4.78, 5) is 21.9. The van der Waals surface area contributed by atoms with Gasteiger partial charge in [-0.25, -0.2) is 9.59 Å². The largest absolute Gasteiger partial charge is 0.516 e. The topological polar surface area (TPSA) is 64.6 Å². The zero-order valence-corrected chi connectivity index (χ0v) is 8.93. The first-order valence-electron chi connectivity index (χ1n) is 4.88. The van der Waals surface area contributed by atoms with E-state index in [-0.39, 0.29) is 13.2 Å². The summed E-state index contributed by atoms with van der Waals surface area (Å²) in [6, 6.07) is 9.13. The maximum atomic E-state index is 11.1. The van der Waals surface area contributed by atoms with Gasteiger partial charge in [-0.1, -0.05) is 18.2 Å². The molecule has 0 aliphatic carbocycles. The highest BCUT2D eigenvalue weighted by Gasteiger charge is 2.10. The molecule has 1 aromatic rings. The van der Waals surface area contributed by atoms with Crippen molar-refractivity contribution >= 4 is 17.8 Å². The van der Waals surface area contributed by atoms with Gasteiger partial charge in [-0.05, 0) is 19.1 Å². The maximum absolute atomic E-state index is 11.1. The van der Waals surface area contributed by atoms with Crippen molar-refractivity contribution in [3.8, 4) is 0 Å². The lowest BCUT2D eigenvalue weighted by molar-refractivity contribution is -0.137. The predicted molar refractivity (Wildman–Crippen MR) is 58.0 cm³/mol. The SMILES string of the molecule is CCOC(=O)OC(=O)CNc1ccccc1. The van der Waals surface area contributed by atoms with Gasteiger partial charge >= 0.3 is 12.1 Å². The number of para-hydroxylation sites is 1. The Bertz CT molecular complexity index is 350. The molecule has 5 nitrogen and oxygen atoms in total. The fourth-order valence-electron chi connectivity index (χ4n) is 1.01. The van der Waals surface area contributed by atoms with Gasteiger partial charge in [0.2, 0.25) is 0 Å². The van der Waals surface area contributed by atoms with Crippen LogP contribution in [-0.4, -0.2) is 25.3 Å². The molecule has 1 rings (SSSR count). The van der Waals surface area contributed by atoms with Gasteiger partial charge in [0, 0.05) is 5.69 Å². The molecule has 5 heteroatoms. The van der Waals surface area contributed by atoms with E-state index in [0.717, 1.165) is 5.69 Å². The van der Waals surface area contributed by atoms with Crippen molar-refractivity contribution in [3.05, 3.63) is 30.3 Å². The smallest absolute Gasteiger partial charge is 0.434 e. The van der Waals surface area contributed by atoms with Gasteiger partial charge in [0.25, 0.3) is 0 Å². The Morgan fingerprint density at radius 1 is 1.25 bits per heavy atom. The number of rotatable bonds is 4. The molecule has 1 aromatic carbocycles. The highest BCUT2D eigenvalue weighted by molar-refractivity contribution is 5.84. The number of ether oxygens (including phenoxy) is 2. The fourth-order valence-corrected chi connectivity index (χ4v) is 1.01. The molecule has 0 saturated carbocycles. The van der Waals surface area contributed by atoms with Crippen molar-refractivity contribution in [2.24, 2.45) is 0 Å². The summed E-state index contributed by atoms with van der Waals surface area (Å²) in [5.41, 5.74) is 0.781. The van der Waals surface area contributed by atoms with Crippen LogP contribution in [0, 0.1) is 0 Å². The van der Waals surface area contributed by atoms with E-state index >= 15 is 0 Å². The average molecular weight is 223 g/mol. The Labute approximate surface area is 93.4 Å². The van der Waals surface area contributed by atoms with Crippen molar-refractivity contribution < 1.29 is 19.1 Å². The first-order valence-corrected chi connectivity index (χ1v) is 4.88. The van der Waals surface area contributed by atoms with E-state index in [0.29, 0.717) is 0 Å². The first-order chi connectivity index (χ1) is 7.72. The van der Waals surface area contributed by atoms with E-state index in [9.17, 15) is 9.59 Å². The van der Waals surface area contributed by atoms with Crippen molar-refractivity contribution in [1.82, 2.24) is 0 Å². The molecule has 16 heavy (non-hydrogen) atoms. The van der Waals surface area contributed by atoms with Crippen molar-refractivity contribution in [2.75, 3.05) is 18.5 Å². The lowest BCUT2D eigenvalue weighted by atomic mass is 10.3. The van der Waals surface area contributed by atoms with Gasteiger partial charge in [0.15, 0.2) is 0 Å². The molecule has 0 fully saturated rings. The van der Waals surface area contributed by atoms with Gasteiger partial charge in [-0.2, -0.15) is 0 Å². The normalized spacial score (nSPS) is 9.31. The molecule has 0 amide bonds. The third-order valence-electron chi connectivity index (χ3n) is 1.67. The van der Waals surface area contributed by atoms with Crippen molar-refractivity contribution in [2.45, 2.75) is 6.92 Å². The van der Waals surface area contributed by atoms with Crippen LogP contribution in [0.2, 0.25) is 0 Å². The van der Waals surface area contributed by atoms with Crippen LogP contribution in [0.3, 0.4) is 0 Å². The molecule has 0 unspecified atom stereocenters. The van der Waals surface area contributed by atoms with Crippen molar-refractivity contribution in [1.29, 1.82) is 0 Å². The molecule has 0 radical (unpaired) electrons. The molecule has 0 aromatic heterocycles. The third kappa shape index (κ3) is 4.45. The van der Waals surface area contributed by atoms with Gasteiger partial charge in [0.1, 0.15) is 6.54 Å². The van der Waals surface area contributed by atoms with E-state index in [2.05, 4.69) is 14.8 Å². The second kappa shape index (κ2) is 6.44. The quantitative estimate of drug-likeness (QED) is 0.622. The molecule has 0 spiro atoms. The minimum absolute atomic E-state index is 0.0805. The molecule has 0 aliphatic rings. The number of hydrogen-bond donors (Lipinski definition) is 1. The number of hydrogen-bond acceptors (Lipinski definition) is 5. The lowest BCUT2D eigenvalue weighted by Crippen LogP contribution is -2.21. The number of nitrogens with one attached hydrogen (secondary N) is 1.